The van der Waals surface area contributed by atoms with Crippen molar-refractivity contribution in [3.63, 3.8) is 0 Å². The largest absolute Gasteiger partial charge is 0.487 e. The van der Waals surface area contributed by atoms with Gasteiger partial charge >= 0.3 is 5.69 Å². The Morgan fingerprint density at radius 3 is 2.71 bits per heavy atom. The maximum absolute atomic E-state index is 13.9. The van der Waals surface area contributed by atoms with E-state index in [4.69, 9.17) is 9.73 Å². The van der Waals surface area contributed by atoms with E-state index < -0.39 is 4.92 Å². The van der Waals surface area contributed by atoms with Crippen molar-refractivity contribution in [1.29, 1.82) is 0 Å². The lowest BCUT2D eigenvalue weighted by Gasteiger charge is -2.30. The van der Waals surface area contributed by atoms with Crippen LogP contribution in [0.4, 0.5) is 5.69 Å². The van der Waals surface area contributed by atoms with Crippen LogP contribution in [0.3, 0.4) is 0 Å². The summed E-state index contributed by atoms with van der Waals surface area (Å²) in [6.45, 7) is 2.10. The number of allylic oxidation sites excluding steroid dienone is 1. The second-order valence-corrected chi connectivity index (χ2v) is 11.0. The zero-order valence-corrected chi connectivity index (χ0v) is 22.8. The van der Waals surface area contributed by atoms with E-state index in [0.717, 1.165) is 39.7 Å². The van der Waals surface area contributed by atoms with Crippen molar-refractivity contribution in [3.8, 4) is 5.75 Å². The molecule has 6 rings (SSSR count). The van der Waals surface area contributed by atoms with Gasteiger partial charge in [0.2, 0.25) is 0 Å². The minimum atomic E-state index is -0.469. The lowest BCUT2D eigenvalue weighted by Crippen LogP contribution is -2.38. The zero-order chi connectivity index (χ0) is 26.4. The number of hydrogen-bond acceptors (Lipinski definition) is 6. The van der Waals surface area contributed by atoms with Gasteiger partial charge in [-0.3, -0.25) is 19.5 Å². The molecule has 2 heterocycles. The molecule has 1 atom stereocenters. The van der Waals surface area contributed by atoms with Gasteiger partial charge in [0, 0.05) is 16.1 Å². The molecule has 0 fully saturated rings. The van der Waals surface area contributed by atoms with Crippen LogP contribution in [0.15, 0.2) is 86.6 Å². The molecule has 1 aromatic heterocycles. The zero-order valence-electron chi connectivity index (χ0n) is 20.4. The smallest absolute Gasteiger partial charge is 0.311 e. The summed E-state index contributed by atoms with van der Waals surface area (Å²) >= 11 is 4.82. The predicted molar refractivity (Wildman–Crippen MR) is 151 cm³/mol. The molecule has 1 aliphatic carbocycles. The second kappa shape index (κ2) is 9.81. The number of halogens is 1. The van der Waals surface area contributed by atoms with Crippen molar-refractivity contribution < 1.29 is 9.66 Å². The molecule has 3 aromatic carbocycles. The highest BCUT2D eigenvalue weighted by molar-refractivity contribution is 9.10. The van der Waals surface area contributed by atoms with Crippen molar-refractivity contribution >= 4 is 44.7 Å². The molecule has 1 unspecified atom stereocenters. The first-order valence-corrected chi connectivity index (χ1v) is 13.9. The number of aryl methyl sites for hydroxylation is 1. The van der Waals surface area contributed by atoms with Gasteiger partial charge in [-0.25, -0.2) is 4.99 Å². The topological polar surface area (TPSA) is 86.7 Å². The third kappa shape index (κ3) is 4.21. The third-order valence-corrected chi connectivity index (χ3v) is 8.35. The number of fused-ring (bicyclic) bond motifs is 3. The van der Waals surface area contributed by atoms with E-state index in [2.05, 4.69) is 28.1 Å². The van der Waals surface area contributed by atoms with Crippen molar-refractivity contribution in [2.24, 2.45) is 4.99 Å². The van der Waals surface area contributed by atoms with Gasteiger partial charge in [0.1, 0.15) is 0 Å². The number of nitro benzene ring substituents is 1. The molecule has 7 nitrogen and oxygen atoms in total. The molecule has 2 aliphatic rings. The summed E-state index contributed by atoms with van der Waals surface area (Å²) in [7, 11) is 0. The maximum atomic E-state index is 13.9. The predicted octanol–water partition coefficient (Wildman–Crippen LogP) is 5.39. The molecular formula is C29H22BrN3O4S. The van der Waals surface area contributed by atoms with Crippen LogP contribution in [0.2, 0.25) is 0 Å². The van der Waals surface area contributed by atoms with E-state index >= 15 is 0 Å². The minimum absolute atomic E-state index is 0.131. The normalized spacial score (nSPS) is 16.4. The molecule has 0 spiro atoms. The van der Waals surface area contributed by atoms with Gasteiger partial charge in [-0.1, -0.05) is 69.7 Å². The van der Waals surface area contributed by atoms with Crippen LogP contribution in [0, 0.1) is 10.1 Å². The van der Waals surface area contributed by atoms with Crippen molar-refractivity contribution in [1.82, 2.24) is 4.57 Å². The second-order valence-electron chi connectivity index (χ2n) is 9.08. The van der Waals surface area contributed by atoms with E-state index in [1.165, 1.54) is 23.0 Å². The molecule has 0 saturated carbocycles. The fourth-order valence-electron chi connectivity index (χ4n) is 5.16. The average molecular weight is 588 g/mol. The fraction of sp³-hybridized carbons (Fsp3) is 0.172. The molecule has 0 amide bonds. The van der Waals surface area contributed by atoms with Gasteiger partial charge in [0.05, 0.1) is 27.8 Å². The first-order valence-electron chi connectivity index (χ1n) is 12.2. The fourth-order valence-corrected chi connectivity index (χ4v) is 6.43. The lowest BCUT2D eigenvalue weighted by molar-refractivity contribution is -0.385. The highest BCUT2D eigenvalue weighted by Crippen LogP contribution is 2.41. The van der Waals surface area contributed by atoms with Crippen LogP contribution in [0.1, 0.15) is 41.6 Å². The standard InChI is InChI=1S/C29H22BrN3O4S/c1-2-37-24-14-7-17(15-23(24)33(35)36)16-25-28(34)32-27(19-8-11-20(30)12-9-19)22-13-10-18-5-3-4-6-21(18)26(22)31-29(32)38-25/h3-9,11-12,14-16,27H,2,10,13H2,1H3. The molecule has 38 heavy (non-hydrogen) atoms. The summed E-state index contributed by atoms with van der Waals surface area (Å²) < 4.78 is 8.61. The summed E-state index contributed by atoms with van der Waals surface area (Å²) in [5, 5.41) is 11.6. The monoisotopic (exact) mass is 587 g/mol. The number of benzene rings is 3. The Kier molecular flexibility index (Phi) is 6.33. The average Bonchev–Trinajstić information content (AvgIpc) is 3.23. The summed E-state index contributed by atoms with van der Waals surface area (Å²) in [5.41, 5.74) is 5.70. The molecule has 0 N–H and O–H groups in total. The molecule has 0 saturated heterocycles. The number of nitro groups is 1. The van der Waals surface area contributed by atoms with Crippen molar-refractivity contribution in [3.05, 3.63) is 129 Å². The minimum Gasteiger partial charge on any atom is -0.487 e. The Labute approximate surface area is 230 Å². The molecular weight excluding hydrogens is 566 g/mol. The highest BCUT2D eigenvalue weighted by atomic mass is 79.9. The summed E-state index contributed by atoms with van der Waals surface area (Å²) in [6.07, 6.45) is 3.39. The molecule has 4 aromatic rings. The molecule has 1 aliphatic heterocycles. The van der Waals surface area contributed by atoms with Gasteiger partial charge in [-0.2, -0.15) is 0 Å². The van der Waals surface area contributed by atoms with Crippen LogP contribution in [-0.4, -0.2) is 16.1 Å². The van der Waals surface area contributed by atoms with E-state index in [9.17, 15) is 14.9 Å². The SMILES string of the molecule is CCOc1ccc(C=c2sc3n(c2=O)C(c2ccc(Br)cc2)C2=C(N=3)c3ccccc3CC2)cc1[N+](=O)[O-]. The Bertz CT molecular complexity index is 1800. The number of hydrogen-bond donors (Lipinski definition) is 0. The summed E-state index contributed by atoms with van der Waals surface area (Å²) in [4.78, 5) is 30.6. The number of rotatable bonds is 5. The highest BCUT2D eigenvalue weighted by Gasteiger charge is 2.32. The van der Waals surface area contributed by atoms with Crippen LogP contribution >= 0.6 is 27.3 Å². The summed E-state index contributed by atoms with van der Waals surface area (Å²) in [5.74, 6) is 0.206. The number of ether oxygens (including phenoxy) is 1. The lowest BCUT2D eigenvalue weighted by atomic mass is 9.83. The van der Waals surface area contributed by atoms with Crippen LogP contribution < -0.4 is 19.6 Å². The molecule has 0 bridgehead atoms. The van der Waals surface area contributed by atoms with E-state index in [1.807, 2.05) is 36.4 Å². The van der Waals surface area contributed by atoms with Crippen LogP contribution in [-0.2, 0) is 6.42 Å². The number of thiazole rings is 1. The Morgan fingerprint density at radius 2 is 1.95 bits per heavy atom. The van der Waals surface area contributed by atoms with E-state index in [0.29, 0.717) is 21.5 Å². The first-order chi connectivity index (χ1) is 18.4. The van der Waals surface area contributed by atoms with Gasteiger partial charge < -0.3 is 4.74 Å². The maximum Gasteiger partial charge on any atom is 0.311 e. The third-order valence-electron chi connectivity index (χ3n) is 6.84. The van der Waals surface area contributed by atoms with E-state index in [-0.39, 0.29) is 23.0 Å². The number of nitrogens with zero attached hydrogens (tertiary/aromatic N) is 3. The van der Waals surface area contributed by atoms with Crippen molar-refractivity contribution in [2.75, 3.05) is 6.61 Å². The van der Waals surface area contributed by atoms with Crippen molar-refractivity contribution in [2.45, 2.75) is 25.8 Å². The number of aromatic nitrogens is 1. The molecule has 0 radical (unpaired) electrons. The quantitative estimate of drug-likeness (QED) is 0.231. The van der Waals surface area contributed by atoms with Gasteiger partial charge in [0.25, 0.3) is 5.56 Å². The van der Waals surface area contributed by atoms with Gasteiger partial charge in [-0.05, 0) is 66.3 Å². The summed E-state index contributed by atoms with van der Waals surface area (Å²) in [6, 6.07) is 20.8. The van der Waals surface area contributed by atoms with Gasteiger partial charge in [-0.15, -0.1) is 0 Å². The Morgan fingerprint density at radius 1 is 1.16 bits per heavy atom. The van der Waals surface area contributed by atoms with Crippen LogP contribution in [0.5, 0.6) is 5.75 Å². The van der Waals surface area contributed by atoms with Crippen LogP contribution in [0.25, 0.3) is 11.8 Å². The van der Waals surface area contributed by atoms with Gasteiger partial charge in [0.15, 0.2) is 10.6 Å². The molecule has 190 valence electrons. The van der Waals surface area contributed by atoms with E-state index in [1.54, 1.807) is 29.7 Å². The Hall–Kier alpha value is -3.82. The first kappa shape index (κ1) is 24.5. The molecule has 9 heteroatoms. The Balaban J connectivity index is 1.56.